The normalized spacial score (nSPS) is 11.0. The largest absolute Gasteiger partial charge is 0.574 e. The van der Waals surface area contributed by atoms with E-state index in [4.69, 9.17) is 11.6 Å². The summed E-state index contributed by atoms with van der Waals surface area (Å²) < 4.78 is 44.1. The highest BCUT2D eigenvalue weighted by Crippen LogP contribution is 2.35. The molecule has 0 unspecified atom stereocenters. The second kappa shape index (κ2) is 5.26. The number of aromatic nitrogens is 1. The molecule has 19 heavy (non-hydrogen) atoms. The maximum atomic E-state index is 12.1. The minimum atomic E-state index is -5.21. The molecule has 0 aliphatic rings. The highest BCUT2D eigenvalue weighted by molar-refractivity contribution is 6.67. The SMILES string of the molecule is COc1cc([N+](=O)[O-])c(OC(F)(F)F)nc1C(=O)Cl. The Morgan fingerprint density at radius 1 is 1.53 bits per heavy atom. The maximum absolute atomic E-state index is 12.1. The Balaban J connectivity index is 3.45. The van der Waals surface area contributed by atoms with Crippen molar-refractivity contribution in [2.75, 3.05) is 7.11 Å². The Hall–Kier alpha value is -2.10. The molecule has 0 aliphatic carbocycles. The Morgan fingerprint density at radius 3 is 2.47 bits per heavy atom. The third-order valence-electron chi connectivity index (χ3n) is 1.75. The number of halogens is 4. The molecule has 1 rings (SSSR count). The number of hydrogen-bond acceptors (Lipinski definition) is 6. The van der Waals surface area contributed by atoms with Gasteiger partial charge < -0.3 is 9.47 Å². The lowest BCUT2D eigenvalue weighted by Crippen LogP contribution is -2.19. The maximum Gasteiger partial charge on any atom is 0.574 e. The zero-order valence-corrected chi connectivity index (χ0v) is 9.78. The Morgan fingerprint density at radius 2 is 2.11 bits per heavy atom. The number of carbonyl (C=O) groups excluding carboxylic acids is 1. The van der Waals surface area contributed by atoms with Crippen LogP contribution in [0.1, 0.15) is 10.5 Å². The third-order valence-corrected chi connectivity index (χ3v) is 1.93. The van der Waals surface area contributed by atoms with E-state index in [2.05, 4.69) is 14.5 Å². The predicted octanol–water partition coefficient (Wildman–Crippen LogP) is 2.28. The first-order valence-electron chi connectivity index (χ1n) is 4.34. The van der Waals surface area contributed by atoms with Crippen molar-refractivity contribution in [3.63, 3.8) is 0 Å². The molecule has 1 heterocycles. The molecule has 1 aromatic heterocycles. The van der Waals surface area contributed by atoms with Gasteiger partial charge in [0.2, 0.25) is 0 Å². The molecule has 0 saturated heterocycles. The van der Waals surface area contributed by atoms with Crippen molar-refractivity contribution in [3.05, 3.63) is 21.9 Å². The predicted molar refractivity (Wildman–Crippen MR) is 54.3 cm³/mol. The van der Waals surface area contributed by atoms with E-state index in [0.717, 1.165) is 7.11 Å². The van der Waals surface area contributed by atoms with Gasteiger partial charge in [-0.3, -0.25) is 14.9 Å². The van der Waals surface area contributed by atoms with Crippen molar-refractivity contribution in [1.29, 1.82) is 0 Å². The lowest BCUT2D eigenvalue weighted by Gasteiger charge is -2.10. The van der Waals surface area contributed by atoms with Gasteiger partial charge in [0.25, 0.3) is 5.24 Å². The molecule has 1 aromatic rings. The van der Waals surface area contributed by atoms with Gasteiger partial charge in [-0.1, -0.05) is 0 Å². The van der Waals surface area contributed by atoms with Crippen LogP contribution in [0.3, 0.4) is 0 Å². The molecule has 0 amide bonds. The van der Waals surface area contributed by atoms with Gasteiger partial charge in [-0.05, 0) is 11.6 Å². The standard InChI is InChI=1S/C8H4ClF3N2O5/c1-18-4-2-3(14(16)17)7(19-8(10,11)12)13-5(4)6(9)15/h2H,1H3. The van der Waals surface area contributed by atoms with Crippen LogP contribution in [-0.2, 0) is 0 Å². The van der Waals surface area contributed by atoms with Crippen LogP contribution in [0.15, 0.2) is 6.07 Å². The van der Waals surface area contributed by atoms with Crippen LogP contribution in [-0.4, -0.2) is 28.6 Å². The molecule has 0 N–H and O–H groups in total. The number of alkyl halides is 3. The molecule has 104 valence electrons. The molecular formula is C8H4ClF3N2O5. The van der Waals surface area contributed by atoms with Crippen molar-refractivity contribution >= 4 is 22.5 Å². The van der Waals surface area contributed by atoms with E-state index < -0.39 is 39.5 Å². The number of hydrogen-bond donors (Lipinski definition) is 0. The summed E-state index contributed by atoms with van der Waals surface area (Å²) >= 11 is 5.07. The highest BCUT2D eigenvalue weighted by Gasteiger charge is 2.37. The number of nitro groups is 1. The summed E-state index contributed by atoms with van der Waals surface area (Å²) in [5.74, 6) is -1.84. The van der Waals surface area contributed by atoms with Crippen molar-refractivity contribution in [2.45, 2.75) is 6.36 Å². The average molecular weight is 301 g/mol. The Bertz CT molecular complexity index is 534. The first kappa shape index (κ1) is 15.0. The number of rotatable bonds is 4. The van der Waals surface area contributed by atoms with Gasteiger partial charge in [0.05, 0.1) is 18.1 Å². The number of pyridine rings is 1. The summed E-state index contributed by atoms with van der Waals surface area (Å²) in [4.78, 5) is 23.4. The van der Waals surface area contributed by atoms with E-state index in [1.165, 1.54) is 0 Å². The molecule has 0 spiro atoms. The van der Waals surface area contributed by atoms with Gasteiger partial charge in [-0.2, -0.15) is 4.98 Å². The van der Waals surface area contributed by atoms with E-state index in [0.29, 0.717) is 6.07 Å². The van der Waals surface area contributed by atoms with E-state index >= 15 is 0 Å². The zero-order valence-electron chi connectivity index (χ0n) is 9.02. The molecule has 7 nitrogen and oxygen atoms in total. The molecule has 0 atom stereocenters. The van der Waals surface area contributed by atoms with Gasteiger partial charge in [-0.25, -0.2) is 0 Å². The summed E-state index contributed by atoms with van der Waals surface area (Å²) in [6, 6.07) is 0.559. The molecule has 0 bridgehead atoms. The van der Waals surface area contributed by atoms with Crippen molar-refractivity contribution in [2.24, 2.45) is 0 Å². The van der Waals surface area contributed by atoms with Gasteiger partial charge in [0.15, 0.2) is 11.4 Å². The van der Waals surface area contributed by atoms with Gasteiger partial charge in [-0.15, -0.1) is 13.2 Å². The van der Waals surface area contributed by atoms with Crippen LogP contribution in [0, 0.1) is 10.1 Å². The summed E-state index contributed by atoms with van der Waals surface area (Å²) in [7, 11) is 1.04. The Labute approximate surface area is 108 Å². The number of nitrogens with zero attached hydrogens (tertiary/aromatic N) is 2. The molecule has 0 aromatic carbocycles. The van der Waals surface area contributed by atoms with E-state index in [1.807, 2.05) is 0 Å². The highest BCUT2D eigenvalue weighted by atomic mass is 35.5. The second-order valence-electron chi connectivity index (χ2n) is 2.94. The van der Waals surface area contributed by atoms with Crippen molar-refractivity contribution in [3.8, 4) is 11.6 Å². The van der Waals surface area contributed by atoms with Crippen molar-refractivity contribution in [1.82, 2.24) is 4.98 Å². The second-order valence-corrected chi connectivity index (χ2v) is 3.29. The van der Waals surface area contributed by atoms with Crippen LogP contribution in [0.4, 0.5) is 18.9 Å². The monoisotopic (exact) mass is 300 g/mol. The van der Waals surface area contributed by atoms with Crippen LogP contribution >= 0.6 is 11.6 Å². The first-order chi connectivity index (χ1) is 8.65. The van der Waals surface area contributed by atoms with E-state index in [9.17, 15) is 28.1 Å². The quantitative estimate of drug-likeness (QED) is 0.481. The zero-order chi connectivity index (χ0) is 14.8. The van der Waals surface area contributed by atoms with Crippen LogP contribution < -0.4 is 9.47 Å². The third kappa shape index (κ3) is 3.68. The average Bonchev–Trinajstić information content (AvgIpc) is 2.25. The smallest absolute Gasteiger partial charge is 0.494 e. The fourth-order valence-electron chi connectivity index (χ4n) is 1.08. The van der Waals surface area contributed by atoms with Crippen LogP contribution in [0.5, 0.6) is 11.6 Å². The number of carbonyl (C=O) groups is 1. The lowest BCUT2D eigenvalue weighted by molar-refractivity contribution is -0.389. The molecule has 0 saturated carbocycles. The van der Waals surface area contributed by atoms with Gasteiger partial charge in [0.1, 0.15) is 0 Å². The summed E-state index contributed by atoms with van der Waals surface area (Å²) in [6.07, 6.45) is -5.21. The molecule has 11 heteroatoms. The van der Waals surface area contributed by atoms with Gasteiger partial charge in [0, 0.05) is 0 Å². The van der Waals surface area contributed by atoms with Crippen molar-refractivity contribution < 1.29 is 32.4 Å². The lowest BCUT2D eigenvalue weighted by atomic mass is 10.3. The fourth-order valence-corrected chi connectivity index (χ4v) is 1.22. The molecule has 0 fully saturated rings. The summed E-state index contributed by atoms with van der Waals surface area (Å²) in [5.41, 5.74) is -1.84. The molecule has 0 aliphatic heterocycles. The van der Waals surface area contributed by atoms with Crippen LogP contribution in [0.25, 0.3) is 0 Å². The summed E-state index contributed by atoms with van der Waals surface area (Å²) in [5, 5.41) is 9.35. The van der Waals surface area contributed by atoms with E-state index in [-0.39, 0.29) is 0 Å². The summed E-state index contributed by atoms with van der Waals surface area (Å²) in [6.45, 7) is 0. The molecular weight excluding hydrogens is 297 g/mol. The van der Waals surface area contributed by atoms with E-state index in [1.54, 1.807) is 0 Å². The fraction of sp³-hybridized carbons (Fsp3) is 0.250. The minimum absolute atomic E-state index is 0.443. The first-order valence-corrected chi connectivity index (χ1v) is 4.72. The molecule has 0 radical (unpaired) electrons. The number of methoxy groups -OCH3 is 1. The Kier molecular flexibility index (Phi) is 4.14. The minimum Gasteiger partial charge on any atom is -0.494 e. The topological polar surface area (TPSA) is 91.6 Å². The van der Waals surface area contributed by atoms with Crippen LogP contribution in [0.2, 0.25) is 0 Å². The number of ether oxygens (including phenoxy) is 2. The van der Waals surface area contributed by atoms with Gasteiger partial charge >= 0.3 is 17.9 Å².